The predicted octanol–water partition coefficient (Wildman–Crippen LogP) is 5.56. The summed E-state index contributed by atoms with van der Waals surface area (Å²) in [6, 6.07) is 11.9. The van der Waals surface area contributed by atoms with Gasteiger partial charge < -0.3 is 25.4 Å². The van der Waals surface area contributed by atoms with Crippen LogP contribution in [0.15, 0.2) is 66.0 Å². The van der Waals surface area contributed by atoms with Gasteiger partial charge in [-0.15, -0.1) is 0 Å². The van der Waals surface area contributed by atoms with E-state index in [1.165, 1.54) is 0 Å². The highest BCUT2D eigenvalue weighted by molar-refractivity contribution is 7.89. The van der Waals surface area contributed by atoms with E-state index >= 15 is 0 Å². The normalized spacial score (nSPS) is 17.5. The van der Waals surface area contributed by atoms with Crippen LogP contribution in [0.3, 0.4) is 0 Å². The van der Waals surface area contributed by atoms with E-state index in [0.29, 0.717) is 36.6 Å². The summed E-state index contributed by atoms with van der Waals surface area (Å²) in [7, 11) is -0.686. The number of benzene rings is 2. The molecule has 11 nitrogen and oxygen atoms in total. The molecule has 0 radical (unpaired) electrons. The second-order valence-electron chi connectivity index (χ2n) is 12.3. The number of nitrogens with one attached hydrogen (secondary N) is 4. The molecule has 1 saturated carbocycles. The minimum atomic E-state index is -3.88. The lowest BCUT2D eigenvalue weighted by atomic mass is 9.98. The molecular formula is C34H40N6O5S. The maximum Gasteiger partial charge on any atom is 0.315 e. The molecular weight excluding hydrogens is 604 g/mol. The Hall–Kier alpha value is -4.42. The molecule has 2 aromatic carbocycles. The number of amides is 2. The number of carbonyl (C=O) groups is 1. The zero-order valence-corrected chi connectivity index (χ0v) is 27.3. The average Bonchev–Trinajstić information content (AvgIpc) is 3.86. The number of rotatable bonds is 12. The molecule has 0 bridgehead atoms. The molecule has 6 rings (SSSR count). The second-order valence-corrected chi connectivity index (χ2v) is 14.1. The average molecular weight is 645 g/mol. The lowest BCUT2D eigenvalue weighted by Crippen LogP contribution is -2.37. The van der Waals surface area contributed by atoms with Gasteiger partial charge in [0.25, 0.3) is 0 Å². The number of hydrogen-bond donors (Lipinski definition) is 4. The van der Waals surface area contributed by atoms with Gasteiger partial charge in [-0.3, -0.25) is 9.97 Å². The van der Waals surface area contributed by atoms with Crippen molar-refractivity contribution in [2.45, 2.75) is 62.6 Å². The van der Waals surface area contributed by atoms with Crippen molar-refractivity contribution in [2.24, 2.45) is 5.92 Å². The fraction of sp³-hybridized carbons (Fsp3) is 0.382. The summed E-state index contributed by atoms with van der Waals surface area (Å²) in [6.45, 7) is 4.56. The zero-order chi connectivity index (χ0) is 32.4. The number of hydrogen-bond acceptors (Lipinski definition) is 8. The van der Waals surface area contributed by atoms with Crippen LogP contribution in [0.5, 0.6) is 11.5 Å². The quantitative estimate of drug-likeness (QED) is 0.157. The highest BCUT2D eigenvalue weighted by atomic mass is 32.2. The maximum absolute atomic E-state index is 13.8. The Morgan fingerprint density at radius 2 is 1.72 bits per heavy atom. The summed E-state index contributed by atoms with van der Waals surface area (Å²) >= 11 is 0. The maximum atomic E-state index is 13.8. The molecule has 0 spiro atoms. The number of anilines is 1. The second kappa shape index (κ2) is 13.1. The van der Waals surface area contributed by atoms with Crippen LogP contribution in [0.4, 0.5) is 10.5 Å². The first kappa shape index (κ1) is 31.6. The smallest absolute Gasteiger partial charge is 0.315 e. The third-order valence-corrected chi connectivity index (χ3v) is 9.91. The Balaban J connectivity index is 1.39. The zero-order valence-electron chi connectivity index (χ0n) is 26.5. The summed E-state index contributed by atoms with van der Waals surface area (Å²) in [5.41, 5.74) is 4.19. The van der Waals surface area contributed by atoms with E-state index < -0.39 is 16.1 Å². The molecule has 0 aliphatic heterocycles. The summed E-state index contributed by atoms with van der Waals surface area (Å²) in [5, 5.41) is 11.0. The van der Waals surface area contributed by atoms with E-state index in [1.807, 2.05) is 50.2 Å². The van der Waals surface area contributed by atoms with Crippen molar-refractivity contribution >= 4 is 32.5 Å². The van der Waals surface area contributed by atoms with E-state index in [4.69, 9.17) is 14.5 Å². The van der Waals surface area contributed by atoms with Gasteiger partial charge in [0.15, 0.2) is 0 Å². The Morgan fingerprint density at radius 1 is 0.957 bits per heavy atom. The van der Waals surface area contributed by atoms with Gasteiger partial charge in [-0.05, 0) is 66.1 Å². The standard InChI is InChI=1S/C34H40N6O5S/c1-20(2)15-38-46(42,43)32-13-27-30(40-34(41)37-16-21-5-9-24(44-3)10-6-21)14-31(39-23-11-25(45-4)18-35-17-23)33(27)28-19-36-29(12-26(28)32)22-7-8-22/h5-6,9-13,17-20,22,30-31,38-39H,7-8,14-16H2,1-4H3,(H2,37,40,41). The summed E-state index contributed by atoms with van der Waals surface area (Å²) in [5.74, 6) is 1.82. The number of nitrogens with zero attached hydrogens (tertiary/aromatic N) is 2. The van der Waals surface area contributed by atoms with Gasteiger partial charge in [0, 0.05) is 47.7 Å². The fourth-order valence-electron chi connectivity index (χ4n) is 5.89. The molecule has 2 aliphatic rings. The van der Waals surface area contributed by atoms with Crippen LogP contribution in [0.2, 0.25) is 0 Å². The summed E-state index contributed by atoms with van der Waals surface area (Å²) in [6.07, 6.45) is 7.71. The monoisotopic (exact) mass is 644 g/mol. The number of ether oxygens (including phenoxy) is 2. The van der Waals surface area contributed by atoms with Gasteiger partial charge in [-0.25, -0.2) is 17.9 Å². The topological polar surface area (TPSA) is 144 Å². The number of aromatic nitrogens is 2. The predicted molar refractivity (Wildman–Crippen MR) is 177 cm³/mol. The number of methoxy groups -OCH3 is 2. The third-order valence-electron chi connectivity index (χ3n) is 8.45. The van der Waals surface area contributed by atoms with E-state index in [1.54, 1.807) is 38.9 Å². The molecule has 1 fully saturated rings. The molecule has 0 saturated heterocycles. The SMILES string of the molecule is COc1ccc(CNC(=O)NC2CC(Nc3cncc(OC)c3)c3c2cc(S(=O)(=O)NCC(C)C)c2cc(C4CC4)ncc32)cc1. The molecule has 2 aliphatic carbocycles. The van der Waals surface area contributed by atoms with Gasteiger partial charge in [-0.2, -0.15) is 0 Å². The highest BCUT2D eigenvalue weighted by Gasteiger charge is 2.37. The van der Waals surface area contributed by atoms with E-state index in [0.717, 1.165) is 52.0 Å². The number of urea groups is 1. The highest BCUT2D eigenvalue weighted by Crippen LogP contribution is 2.47. The molecule has 4 aromatic rings. The first-order valence-electron chi connectivity index (χ1n) is 15.5. The lowest BCUT2D eigenvalue weighted by Gasteiger charge is -2.19. The van der Waals surface area contributed by atoms with Crippen molar-refractivity contribution in [1.29, 1.82) is 0 Å². The molecule has 2 unspecified atom stereocenters. The molecule has 2 aromatic heterocycles. The van der Waals surface area contributed by atoms with Crippen LogP contribution in [0.25, 0.3) is 10.8 Å². The number of sulfonamides is 1. The summed E-state index contributed by atoms with van der Waals surface area (Å²) < 4.78 is 41.1. The summed E-state index contributed by atoms with van der Waals surface area (Å²) in [4.78, 5) is 22.5. The third kappa shape index (κ3) is 6.87. The number of pyridine rings is 2. The van der Waals surface area contributed by atoms with Crippen molar-refractivity contribution in [3.8, 4) is 11.5 Å². The molecule has 242 valence electrons. The van der Waals surface area contributed by atoms with Crippen LogP contribution >= 0.6 is 0 Å². The van der Waals surface area contributed by atoms with Crippen LogP contribution in [-0.4, -0.2) is 45.2 Å². The van der Waals surface area contributed by atoms with Crippen molar-refractivity contribution in [1.82, 2.24) is 25.3 Å². The Labute approximate surface area is 269 Å². The van der Waals surface area contributed by atoms with Crippen LogP contribution < -0.4 is 30.1 Å². The minimum absolute atomic E-state index is 0.132. The van der Waals surface area contributed by atoms with E-state index in [2.05, 4.69) is 25.7 Å². The van der Waals surface area contributed by atoms with Crippen molar-refractivity contribution in [2.75, 3.05) is 26.1 Å². The van der Waals surface area contributed by atoms with Gasteiger partial charge in [0.05, 0.1) is 49.3 Å². The van der Waals surface area contributed by atoms with Gasteiger partial charge >= 0.3 is 6.03 Å². The van der Waals surface area contributed by atoms with Crippen molar-refractivity contribution in [3.05, 3.63) is 83.4 Å². The molecule has 2 amide bonds. The first-order chi connectivity index (χ1) is 22.1. The molecule has 46 heavy (non-hydrogen) atoms. The van der Waals surface area contributed by atoms with E-state index in [-0.39, 0.29) is 22.9 Å². The molecule has 2 atom stereocenters. The van der Waals surface area contributed by atoms with Crippen LogP contribution in [-0.2, 0) is 16.6 Å². The lowest BCUT2D eigenvalue weighted by molar-refractivity contribution is 0.236. The fourth-order valence-corrected chi connectivity index (χ4v) is 7.34. The van der Waals surface area contributed by atoms with Crippen LogP contribution in [0.1, 0.15) is 73.5 Å². The Bertz CT molecular complexity index is 1840. The van der Waals surface area contributed by atoms with Gasteiger partial charge in [-0.1, -0.05) is 26.0 Å². The molecule has 4 N–H and O–H groups in total. The van der Waals surface area contributed by atoms with Crippen molar-refractivity contribution in [3.63, 3.8) is 0 Å². The Kier molecular flexibility index (Phi) is 9.01. The van der Waals surface area contributed by atoms with E-state index in [9.17, 15) is 13.2 Å². The molecule has 2 heterocycles. The number of carbonyl (C=O) groups excluding carboxylic acids is 1. The minimum Gasteiger partial charge on any atom is -0.497 e. The first-order valence-corrected chi connectivity index (χ1v) is 17.0. The van der Waals surface area contributed by atoms with Crippen molar-refractivity contribution < 1.29 is 22.7 Å². The number of fused-ring (bicyclic) bond motifs is 3. The van der Waals surface area contributed by atoms with Crippen LogP contribution in [0, 0.1) is 5.92 Å². The Morgan fingerprint density at radius 3 is 2.41 bits per heavy atom. The largest absolute Gasteiger partial charge is 0.497 e. The van der Waals surface area contributed by atoms with Gasteiger partial charge in [0.2, 0.25) is 10.0 Å². The van der Waals surface area contributed by atoms with Gasteiger partial charge in [0.1, 0.15) is 11.5 Å². The molecule has 12 heteroatoms.